The van der Waals surface area contributed by atoms with E-state index in [2.05, 4.69) is 11.7 Å². The molecular formula is C18H33Cl3O3. The predicted octanol–water partition coefficient (Wildman–Crippen LogP) is 7.60. The first-order valence-electron chi connectivity index (χ1n) is 9.32. The van der Waals surface area contributed by atoms with Gasteiger partial charge in [-0.1, -0.05) is 119 Å². The first-order valence-corrected chi connectivity index (χ1v) is 10.5. The summed E-state index contributed by atoms with van der Waals surface area (Å²) in [7, 11) is 0. The van der Waals surface area contributed by atoms with E-state index in [1.807, 2.05) is 0 Å². The Morgan fingerprint density at radius 1 is 0.708 bits per heavy atom. The minimum absolute atomic E-state index is 0.297. The Hall–Kier alpha value is 0.140. The number of hydrogen-bond donors (Lipinski definition) is 0. The molecule has 0 bridgehead atoms. The SMILES string of the molecule is CCCCCCCCCCCCCCCOC(=O)OCC(Cl)(Cl)Cl. The number of unbranched alkanes of at least 4 members (excludes halogenated alkanes) is 12. The average Bonchev–Trinajstić information content (AvgIpc) is 2.52. The lowest BCUT2D eigenvalue weighted by molar-refractivity contribution is 0.0554. The van der Waals surface area contributed by atoms with Gasteiger partial charge in [0, 0.05) is 0 Å². The lowest BCUT2D eigenvalue weighted by Gasteiger charge is -2.11. The third kappa shape index (κ3) is 20.2. The highest BCUT2D eigenvalue weighted by atomic mass is 35.6. The maximum Gasteiger partial charge on any atom is 0.508 e. The van der Waals surface area contributed by atoms with Crippen LogP contribution in [0.1, 0.15) is 90.4 Å². The summed E-state index contributed by atoms with van der Waals surface area (Å²) in [5, 5.41) is 0. The standard InChI is InChI=1S/C18H33Cl3O3/c1-2-3-4-5-6-7-8-9-10-11-12-13-14-15-23-17(22)24-16-18(19,20)21/h2-16H2,1H3. The van der Waals surface area contributed by atoms with Gasteiger partial charge in [0.05, 0.1) is 6.61 Å². The summed E-state index contributed by atoms with van der Waals surface area (Å²) in [6, 6.07) is 0. The average molecular weight is 404 g/mol. The zero-order valence-corrected chi connectivity index (χ0v) is 17.2. The van der Waals surface area contributed by atoms with Gasteiger partial charge in [-0.2, -0.15) is 0 Å². The molecule has 0 amide bonds. The molecule has 0 aromatic heterocycles. The van der Waals surface area contributed by atoms with Crippen molar-refractivity contribution >= 4 is 41.0 Å². The van der Waals surface area contributed by atoms with Gasteiger partial charge in [0.25, 0.3) is 0 Å². The lowest BCUT2D eigenvalue weighted by atomic mass is 10.0. The van der Waals surface area contributed by atoms with Crippen LogP contribution >= 0.6 is 34.8 Å². The lowest BCUT2D eigenvalue weighted by Crippen LogP contribution is -2.18. The van der Waals surface area contributed by atoms with E-state index in [4.69, 9.17) is 39.5 Å². The zero-order chi connectivity index (χ0) is 18.1. The van der Waals surface area contributed by atoms with Gasteiger partial charge in [0.15, 0.2) is 0 Å². The van der Waals surface area contributed by atoms with E-state index in [-0.39, 0.29) is 6.61 Å². The summed E-state index contributed by atoms with van der Waals surface area (Å²) in [5.74, 6) is 0. The topological polar surface area (TPSA) is 35.5 Å². The second kappa shape index (κ2) is 16.6. The van der Waals surface area contributed by atoms with Gasteiger partial charge in [-0.25, -0.2) is 4.79 Å². The minimum atomic E-state index is -1.59. The molecule has 6 heteroatoms. The van der Waals surface area contributed by atoms with E-state index >= 15 is 0 Å². The summed E-state index contributed by atoms with van der Waals surface area (Å²) in [5.41, 5.74) is 0. The third-order valence-electron chi connectivity index (χ3n) is 3.82. The Bertz CT molecular complexity index is 294. The van der Waals surface area contributed by atoms with Crippen molar-refractivity contribution in [1.29, 1.82) is 0 Å². The molecule has 0 heterocycles. The molecule has 144 valence electrons. The summed E-state index contributed by atoms with van der Waals surface area (Å²) in [6.45, 7) is 2.32. The van der Waals surface area contributed by atoms with Crippen LogP contribution in [0.5, 0.6) is 0 Å². The van der Waals surface area contributed by atoms with Gasteiger partial charge >= 0.3 is 6.16 Å². The fourth-order valence-corrected chi connectivity index (χ4v) is 2.62. The number of rotatable bonds is 15. The molecule has 0 aromatic carbocycles. The largest absolute Gasteiger partial charge is 0.508 e. The van der Waals surface area contributed by atoms with Crippen molar-refractivity contribution in [3.8, 4) is 0 Å². The van der Waals surface area contributed by atoms with E-state index in [9.17, 15) is 4.79 Å². The number of ether oxygens (including phenoxy) is 2. The number of hydrogen-bond acceptors (Lipinski definition) is 3. The maximum absolute atomic E-state index is 11.2. The smallest absolute Gasteiger partial charge is 0.434 e. The normalized spacial score (nSPS) is 11.5. The van der Waals surface area contributed by atoms with Crippen LogP contribution in [0.15, 0.2) is 0 Å². The molecular weight excluding hydrogens is 371 g/mol. The molecule has 0 unspecified atom stereocenters. The van der Waals surface area contributed by atoms with Crippen LogP contribution in [0.3, 0.4) is 0 Å². The van der Waals surface area contributed by atoms with Crippen molar-refractivity contribution in [3.05, 3.63) is 0 Å². The fourth-order valence-electron chi connectivity index (χ4n) is 2.46. The van der Waals surface area contributed by atoms with Gasteiger partial charge in [-0.3, -0.25) is 0 Å². The summed E-state index contributed by atoms with van der Waals surface area (Å²) in [6.07, 6.45) is 15.9. The van der Waals surface area contributed by atoms with E-state index in [1.165, 1.54) is 70.6 Å². The molecule has 0 saturated heterocycles. The predicted molar refractivity (Wildman–Crippen MR) is 103 cm³/mol. The van der Waals surface area contributed by atoms with E-state index in [0.717, 1.165) is 12.8 Å². The van der Waals surface area contributed by atoms with Crippen LogP contribution in [0.25, 0.3) is 0 Å². The Morgan fingerprint density at radius 3 is 1.54 bits per heavy atom. The Balaban J connectivity index is 3.16. The van der Waals surface area contributed by atoms with Crippen molar-refractivity contribution in [2.24, 2.45) is 0 Å². The molecule has 0 rings (SSSR count). The number of halogens is 3. The molecule has 0 fully saturated rings. The second-order valence-electron chi connectivity index (χ2n) is 6.24. The molecule has 24 heavy (non-hydrogen) atoms. The fraction of sp³-hybridized carbons (Fsp3) is 0.944. The van der Waals surface area contributed by atoms with Crippen LogP contribution in [0, 0.1) is 0 Å². The molecule has 0 aliphatic heterocycles. The monoisotopic (exact) mass is 402 g/mol. The highest BCUT2D eigenvalue weighted by Gasteiger charge is 2.22. The second-order valence-corrected chi connectivity index (χ2v) is 8.76. The highest BCUT2D eigenvalue weighted by molar-refractivity contribution is 6.67. The van der Waals surface area contributed by atoms with Crippen molar-refractivity contribution in [2.45, 2.75) is 94.2 Å². The van der Waals surface area contributed by atoms with Gasteiger partial charge in [-0.15, -0.1) is 0 Å². The van der Waals surface area contributed by atoms with E-state index < -0.39 is 9.95 Å². The molecule has 3 nitrogen and oxygen atoms in total. The quantitative estimate of drug-likeness (QED) is 0.160. The Kier molecular flexibility index (Phi) is 16.7. The van der Waals surface area contributed by atoms with Crippen molar-refractivity contribution in [3.63, 3.8) is 0 Å². The molecule has 0 saturated carbocycles. The highest BCUT2D eigenvalue weighted by Crippen LogP contribution is 2.26. The van der Waals surface area contributed by atoms with E-state index in [0.29, 0.717) is 6.61 Å². The summed E-state index contributed by atoms with van der Waals surface area (Å²) in [4.78, 5) is 11.2. The summed E-state index contributed by atoms with van der Waals surface area (Å²) >= 11 is 16.4. The number of carbonyl (C=O) groups is 1. The van der Waals surface area contributed by atoms with Gasteiger partial charge in [-0.05, 0) is 6.42 Å². The van der Waals surface area contributed by atoms with Gasteiger partial charge in [0.2, 0.25) is 3.79 Å². The third-order valence-corrected chi connectivity index (χ3v) is 4.15. The number of carbonyl (C=O) groups excluding carboxylic acids is 1. The minimum Gasteiger partial charge on any atom is -0.434 e. The van der Waals surface area contributed by atoms with Crippen LogP contribution < -0.4 is 0 Å². The van der Waals surface area contributed by atoms with Crippen LogP contribution in [-0.4, -0.2) is 23.2 Å². The first kappa shape index (κ1) is 24.1. The van der Waals surface area contributed by atoms with Gasteiger partial charge < -0.3 is 9.47 Å². The molecule has 0 N–H and O–H groups in total. The molecule has 0 spiro atoms. The molecule has 0 aliphatic rings. The Morgan fingerprint density at radius 2 is 1.12 bits per heavy atom. The molecule has 0 radical (unpaired) electrons. The van der Waals surface area contributed by atoms with Crippen LogP contribution in [0.4, 0.5) is 4.79 Å². The number of alkyl halides is 3. The zero-order valence-electron chi connectivity index (χ0n) is 15.0. The maximum atomic E-state index is 11.2. The van der Waals surface area contributed by atoms with Crippen molar-refractivity contribution in [2.75, 3.05) is 13.2 Å². The first-order chi connectivity index (χ1) is 11.5. The summed E-state index contributed by atoms with van der Waals surface area (Å²) < 4.78 is 7.97. The van der Waals surface area contributed by atoms with E-state index in [1.54, 1.807) is 0 Å². The van der Waals surface area contributed by atoms with Crippen molar-refractivity contribution < 1.29 is 14.3 Å². The molecule has 0 atom stereocenters. The van der Waals surface area contributed by atoms with Crippen LogP contribution in [-0.2, 0) is 9.47 Å². The Labute approximate surface area is 162 Å². The molecule has 0 aromatic rings. The van der Waals surface area contributed by atoms with Crippen molar-refractivity contribution in [1.82, 2.24) is 0 Å². The van der Waals surface area contributed by atoms with Crippen LogP contribution in [0.2, 0.25) is 0 Å². The van der Waals surface area contributed by atoms with Gasteiger partial charge in [0.1, 0.15) is 6.61 Å². The molecule has 0 aliphatic carbocycles.